The van der Waals surface area contributed by atoms with Crippen LogP contribution in [0.3, 0.4) is 0 Å². The third-order valence-corrected chi connectivity index (χ3v) is 4.82. The molecule has 0 amide bonds. The Morgan fingerprint density at radius 2 is 2.22 bits per heavy atom. The molecule has 120 valence electrons. The van der Waals surface area contributed by atoms with Gasteiger partial charge in [-0.15, -0.1) is 0 Å². The van der Waals surface area contributed by atoms with Crippen LogP contribution in [0.25, 0.3) is 22.2 Å². The molecular weight excluding hydrogens is 286 g/mol. The van der Waals surface area contributed by atoms with Gasteiger partial charge in [-0.25, -0.2) is 4.98 Å². The summed E-state index contributed by atoms with van der Waals surface area (Å²) in [6.45, 7) is 2.23. The molecule has 0 unspecified atom stereocenters. The minimum Gasteiger partial charge on any atom is -0.331 e. The number of H-pyrrole nitrogens is 1. The molecule has 1 aromatic carbocycles. The zero-order valence-corrected chi connectivity index (χ0v) is 13.3. The zero-order chi connectivity index (χ0) is 15.5. The largest absolute Gasteiger partial charge is 0.331 e. The van der Waals surface area contributed by atoms with Crippen molar-refractivity contribution >= 4 is 11.0 Å². The van der Waals surface area contributed by atoms with E-state index in [2.05, 4.69) is 43.3 Å². The van der Waals surface area contributed by atoms with Gasteiger partial charge in [0.15, 0.2) is 0 Å². The van der Waals surface area contributed by atoms with Gasteiger partial charge in [-0.2, -0.15) is 5.10 Å². The normalized spacial score (nSPS) is 18.5. The predicted molar refractivity (Wildman–Crippen MR) is 92.2 cm³/mol. The average molecular weight is 309 g/mol. The lowest BCUT2D eigenvalue weighted by molar-refractivity contribution is 0.369. The second kappa shape index (κ2) is 6.54. The summed E-state index contributed by atoms with van der Waals surface area (Å²) in [5, 5.41) is 10.5. The fourth-order valence-electron chi connectivity index (χ4n) is 3.51. The Morgan fingerprint density at radius 3 is 3.04 bits per heavy atom. The van der Waals surface area contributed by atoms with Crippen molar-refractivity contribution in [1.29, 1.82) is 0 Å². The van der Waals surface area contributed by atoms with Gasteiger partial charge in [-0.05, 0) is 49.9 Å². The van der Waals surface area contributed by atoms with Crippen LogP contribution in [0.1, 0.15) is 32.1 Å². The molecule has 5 nitrogen and oxygen atoms in total. The van der Waals surface area contributed by atoms with Crippen molar-refractivity contribution in [3.05, 3.63) is 36.9 Å². The average Bonchev–Trinajstić information content (AvgIpc) is 3.25. The molecule has 1 aliphatic rings. The number of imidazole rings is 1. The Morgan fingerprint density at radius 1 is 1.22 bits per heavy atom. The minimum absolute atomic E-state index is 0.714. The van der Waals surface area contributed by atoms with Crippen LogP contribution >= 0.6 is 0 Å². The van der Waals surface area contributed by atoms with Crippen molar-refractivity contribution in [3.8, 4) is 11.1 Å². The molecule has 3 aromatic rings. The predicted octanol–water partition coefficient (Wildman–Crippen LogP) is 3.35. The number of nitrogens with zero attached hydrogens (tertiary/aromatic N) is 3. The molecule has 1 atom stereocenters. The van der Waals surface area contributed by atoms with Crippen LogP contribution in [-0.4, -0.2) is 32.3 Å². The van der Waals surface area contributed by atoms with Gasteiger partial charge >= 0.3 is 0 Å². The van der Waals surface area contributed by atoms with E-state index < -0.39 is 0 Å². The number of rotatable bonds is 5. The number of hydrogen-bond donors (Lipinski definition) is 2. The quantitative estimate of drug-likeness (QED) is 0.760. The first kappa shape index (κ1) is 14.5. The number of benzene rings is 1. The molecule has 0 saturated carbocycles. The first-order valence-corrected chi connectivity index (χ1v) is 8.57. The van der Waals surface area contributed by atoms with Gasteiger partial charge in [0.05, 0.1) is 23.6 Å². The summed E-state index contributed by atoms with van der Waals surface area (Å²) < 4.78 is 2.28. The van der Waals surface area contributed by atoms with Crippen LogP contribution in [0.4, 0.5) is 0 Å². The van der Waals surface area contributed by atoms with Crippen molar-refractivity contribution in [1.82, 2.24) is 25.1 Å². The third kappa shape index (κ3) is 3.15. The Bertz CT molecular complexity index is 753. The maximum Gasteiger partial charge on any atom is 0.0958 e. The maximum absolute atomic E-state index is 4.57. The molecule has 1 fully saturated rings. The maximum atomic E-state index is 4.57. The number of aryl methyl sites for hydroxylation is 1. The van der Waals surface area contributed by atoms with Crippen molar-refractivity contribution in [2.45, 2.75) is 44.7 Å². The molecule has 4 rings (SSSR count). The lowest BCUT2D eigenvalue weighted by Gasteiger charge is -2.23. The molecule has 5 heteroatoms. The summed E-state index contributed by atoms with van der Waals surface area (Å²) in [4.78, 5) is 4.57. The number of nitrogens with one attached hydrogen (secondary N) is 2. The van der Waals surface area contributed by atoms with Crippen LogP contribution in [-0.2, 0) is 6.54 Å². The standard InChI is InChI=1S/C18H23N5/c1-2-8-19-16(4-1)5-3-9-23-13-20-17-10-14(6-7-18(17)23)15-11-21-22-12-15/h6-7,10-13,16,19H,1-5,8-9H2,(H,21,22)/t16-/m1/s1. The minimum atomic E-state index is 0.714. The van der Waals surface area contributed by atoms with Crippen LogP contribution in [0.15, 0.2) is 36.9 Å². The van der Waals surface area contributed by atoms with Gasteiger partial charge in [0.2, 0.25) is 0 Å². The number of hydrogen-bond acceptors (Lipinski definition) is 3. The lowest BCUT2D eigenvalue weighted by Crippen LogP contribution is -2.33. The summed E-state index contributed by atoms with van der Waals surface area (Å²) in [5.74, 6) is 0. The summed E-state index contributed by atoms with van der Waals surface area (Å²) in [6, 6.07) is 7.17. The fraction of sp³-hybridized carbons (Fsp3) is 0.444. The Labute approximate surface area is 136 Å². The molecule has 0 spiro atoms. The fourth-order valence-corrected chi connectivity index (χ4v) is 3.51. The summed E-state index contributed by atoms with van der Waals surface area (Å²) in [5.41, 5.74) is 4.53. The number of aromatic nitrogens is 4. The van der Waals surface area contributed by atoms with Gasteiger partial charge < -0.3 is 9.88 Å². The van der Waals surface area contributed by atoms with Gasteiger partial charge in [0.1, 0.15) is 0 Å². The Kier molecular flexibility index (Phi) is 4.11. The topological polar surface area (TPSA) is 58.5 Å². The van der Waals surface area contributed by atoms with Crippen molar-refractivity contribution < 1.29 is 0 Å². The van der Waals surface area contributed by atoms with Crippen LogP contribution in [0.2, 0.25) is 0 Å². The van der Waals surface area contributed by atoms with E-state index in [4.69, 9.17) is 0 Å². The van der Waals surface area contributed by atoms with E-state index in [1.807, 2.05) is 18.7 Å². The second-order valence-corrected chi connectivity index (χ2v) is 6.42. The van der Waals surface area contributed by atoms with E-state index in [0.29, 0.717) is 6.04 Å². The molecule has 0 bridgehead atoms. The highest BCUT2D eigenvalue weighted by Gasteiger charge is 2.12. The third-order valence-electron chi connectivity index (χ3n) is 4.82. The van der Waals surface area contributed by atoms with Gasteiger partial charge in [0.25, 0.3) is 0 Å². The second-order valence-electron chi connectivity index (χ2n) is 6.42. The van der Waals surface area contributed by atoms with E-state index >= 15 is 0 Å². The number of piperidine rings is 1. The number of fused-ring (bicyclic) bond motifs is 1. The van der Waals surface area contributed by atoms with E-state index in [-0.39, 0.29) is 0 Å². The van der Waals surface area contributed by atoms with E-state index in [0.717, 1.165) is 23.2 Å². The monoisotopic (exact) mass is 309 g/mol. The first-order chi connectivity index (χ1) is 11.4. The summed E-state index contributed by atoms with van der Waals surface area (Å²) >= 11 is 0. The smallest absolute Gasteiger partial charge is 0.0958 e. The molecule has 0 aliphatic carbocycles. The van der Waals surface area contributed by atoms with Crippen molar-refractivity contribution in [2.75, 3.05) is 6.54 Å². The molecule has 3 heterocycles. The summed E-state index contributed by atoms with van der Waals surface area (Å²) in [6.07, 6.45) is 12.2. The molecule has 1 aliphatic heterocycles. The van der Waals surface area contributed by atoms with Crippen molar-refractivity contribution in [2.24, 2.45) is 0 Å². The highest BCUT2D eigenvalue weighted by atomic mass is 15.1. The molecule has 1 saturated heterocycles. The Balaban J connectivity index is 1.44. The molecule has 2 N–H and O–H groups in total. The van der Waals surface area contributed by atoms with Crippen LogP contribution in [0, 0.1) is 0 Å². The van der Waals surface area contributed by atoms with Gasteiger partial charge in [0, 0.05) is 24.3 Å². The van der Waals surface area contributed by atoms with Gasteiger partial charge in [-0.3, -0.25) is 5.10 Å². The Hall–Kier alpha value is -2.14. The van der Waals surface area contributed by atoms with Crippen LogP contribution < -0.4 is 5.32 Å². The van der Waals surface area contributed by atoms with E-state index in [9.17, 15) is 0 Å². The molecule has 23 heavy (non-hydrogen) atoms. The van der Waals surface area contributed by atoms with Crippen LogP contribution in [0.5, 0.6) is 0 Å². The highest BCUT2D eigenvalue weighted by molar-refractivity contribution is 5.81. The molecule has 0 radical (unpaired) electrons. The SMILES string of the molecule is c1cc2c(cc1-c1cn[nH]c1)ncn2CCC[C@H]1CCCCN1. The lowest BCUT2D eigenvalue weighted by atomic mass is 10.0. The van der Waals surface area contributed by atoms with E-state index in [1.54, 1.807) is 0 Å². The van der Waals surface area contributed by atoms with Crippen molar-refractivity contribution in [3.63, 3.8) is 0 Å². The first-order valence-electron chi connectivity index (χ1n) is 8.57. The zero-order valence-electron chi connectivity index (χ0n) is 13.3. The highest BCUT2D eigenvalue weighted by Crippen LogP contribution is 2.23. The summed E-state index contributed by atoms with van der Waals surface area (Å²) in [7, 11) is 0. The number of aromatic amines is 1. The molecular formula is C18H23N5. The molecule has 2 aromatic heterocycles. The van der Waals surface area contributed by atoms with Gasteiger partial charge in [-0.1, -0.05) is 12.5 Å². The van der Waals surface area contributed by atoms with E-state index in [1.165, 1.54) is 44.2 Å².